The summed E-state index contributed by atoms with van der Waals surface area (Å²) < 4.78 is 11.2. The van der Waals surface area contributed by atoms with Crippen molar-refractivity contribution in [3.05, 3.63) is 65.4 Å². The van der Waals surface area contributed by atoms with E-state index in [0.717, 1.165) is 51.5 Å². The van der Waals surface area contributed by atoms with Crippen molar-refractivity contribution in [1.29, 1.82) is 0 Å². The highest BCUT2D eigenvalue weighted by atomic mass is 16.5. The largest absolute Gasteiger partial charge is 0.464 e. The Kier molecular flexibility index (Phi) is 4.38. The number of hydrogen-bond acceptors (Lipinski definition) is 4. The summed E-state index contributed by atoms with van der Waals surface area (Å²) in [4.78, 5) is 4.99. The van der Waals surface area contributed by atoms with Gasteiger partial charge in [0.15, 0.2) is 0 Å². The highest BCUT2D eigenvalue weighted by Crippen LogP contribution is 2.36. The van der Waals surface area contributed by atoms with E-state index >= 15 is 0 Å². The number of benzene rings is 2. The lowest BCUT2D eigenvalue weighted by molar-refractivity contribution is 0.122. The molecule has 140 valence electrons. The fourth-order valence-electron chi connectivity index (χ4n) is 4.46. The second-order valence-corrected chi connectivity index (χ2v) is 7.58. The van der Waals surface area contributed by atoms with Gasteiger partial charge < -0.3 is 14.1 Å². The molecule has 3 heterocycles. The molecule has 2 aliphatic rings. The summed E-state index contributed by atoms with van der Waals surface area (Å²) in [6, 6.07) is 15.7. The van der Waals surface area contributed by atoms with Crippen molar-refractivity contribution in [3.63, 3.8) is 0 Å². The van der Waals surface area contributed by atoms with Crippen LogP contribution in [0.1, 0.15) is 29.5 Å². The maximum Gasteiger partial charge on any atom is 0.134 e. The van der Waals surface area contributed by atoms with Crippen LogP contribution in [0.25, 0.3) is 11.0 Å². The number of likely N-dealkylation sites (N-methyl/N-ethyl adjacent to an activating group) is 1. The fraction of sp³-hybridized carbons (Fsp3) is 0.391. The highest BCUT2D eigenvalue weighted by molar-refractivity contribution is 5.78. The summed E-state index contributed by atoms with van der Waals surface area (Å²) >= 11 is 0. The summed E-state index contributed by atoms with van der Waals surface area (Å²) in [5.41, 5.74) is 6.57. The number of morpholine rings is 1. The van der Waals surface area contributed by atoms with Crippen molar-refractivity contribution in [2.24, 2.45) is 0 Å². The predicted molar refractivity (Wildman–Crippen MR) is 108 cm³/mol. The Morgan fingerprint density at radius 1 is 1.04 bits per heavy atom. The molecule has 0 amide bonds. The first-order valence-corrected chi connectivity index (χ1v) is 9.97. The van der Waals surface area contributed by atoms with Crippen molar-refractivity contribution in [3.8, 4) is 0 Å². The molecule has 1 saturated heterocycles. The topological polar surface area (TPSA) is 28.9 Å². The number of fused-ring (bicyclic) bond motifs is 2. The molecule has 4 nitrogen and oxygen atoms in total. The molecule has 0 N–H and O–H groups in total. The van der Waals surface area contributed by atoms with Crippen molar-refractivity contribution >= 4 is 16.7 Å². The maximum absolute atomic E-state index is 5.66. The monoisotopic (exact) mass is 362 g/mol. The van der Waals surface area contributed by atoms with Crippen LogP contribution in [-0.4, -0.2) is 44.3 Å². The molecule has 3 aromatic rings. The van der Waals surface area contributed by atoms with E-state index in [1.54, 1.807) is 6.26 Å². The van der Waals surface area contributed by atoms with Gasteiger partial charge in [-0.25, -0.2) is 0 Å². The average Bonchev–Trinajstić information content (AvgIpc) is 3.21. The van der Waals surface area contributed by atoms with Crippen LogP contribution in [-0.2, 0) is 11.3 Å². The van der Waals surface area contributed by atoms with Crippen LogP contribution in [0.15, 0.2) is 53.1 Å². The Morgan fingerprint density at radius 2 is 1.93 bits per heavy atom. The lowest BCUT2D eigenvalue weighted by Crippen LogP contribution is -2.37. The van der Waals surface area contributed by atoms with Gasteiger partial charge in [-0.15, -0.1) is 0 Å². The third-order valence-corrected chi connectivity index (χ3v) is 6.04. The first-order valence-electron chi connectivity index (χ1n) is 9.97. The molecule has 27 heavy (non-hydrogen) atoms. The lowest BCUT2D eigenvalue weighted by Gasteiger charge is -2.36. The van der Waals surface area contributed by atoms with Crippen LogP contribution in [0, 0.1) is 0 Å². The molecule has 5 rings (SSSR count). The molecule has 1 unspecified atom stereocenters. The van der Waals surface area contributed by atoms with Gasteiger partial charge in [-0.2, -0.15) is 0 Å². The third-order valence-electron chi connectivity index (χ3n) is 6.04. The van der Waals surface area contributed by atoms with Gasteiger partial charge in [0.05, 0.1) is 19.5 Å². The number of rotatable bonds is 3. The van der Waals surface area contributed by atoms with Crippen LogP contribution in [0.5, 0.6) is 0 Å². The van der Waals surface area contributed by atoms with E-state index in [-0.39, 0.29) is 0 Å². The minimum Gasteiger partial charge on any atom is -0.464 e. The normalized spacial score (nSPS) is 20.8. The Morgan fingerprint density at radius 3 is 2.78 bits per heavy atom. The molecular formula is C23H26N2O2. The molecule has 0 bridgehead atoms. The summed E-state index contributed by atoms with van der Waals surface area (Å²) in [5.74, 6) is 0.391. The van der Waals surface area contributed by atoms with Crippen molar-refractivity contribution in [2.45, 2.75) is 19.4 Å². The molecule has 0 saturated carbocycles. The second kappa shape index (κ2) is 7.02. The molecular weight excluding hydrogens is 336 g/mol. The van der Waals surface area contributed by atoms with Crippen LogP contribution in [0.4, 0.5) is 5.69 Å². The minimum atomic E-state index is 0.391. The quantitative estimate of drug-likeness (QED) is 0.697. The maximum atomic E-state index is 5.66. The lowest BCUT2D eigenvalue weighted by atomic mass is 9.84. The first kappa shape index (κ1) is 16.8. The van der Waals surface area contributed by atoms with Gasteiger partial charge >= 0.3 is 0 Å². The summed E-state index contributed by atoms with van der Waals surface area (Å²) in [7, 11) is 0. The van der Waals surface area contributed by atoms with E-state index in [2.05, 4.69) is 53.1 Å². The number of anilines is 1. The Labute approximate surface area is 160 Å². The Hall–Kier alpha value is -2.30. The van der Waals surface area contributed by atoms with Gasteiger partial charge in [-0.3, -0.25) is 4.90 Å². The number of nitrogens with zero attached hydrogens (tertiary/aromatic N) is 2. The fourth-order valence-corrected chi connectivity index (χ4v) is 4.46. The summed E-state index contributed by atoms with van der Waals surface area (Å²) in [6.07, 6.45) is 1.77. The van der Waals surface area contributed by atoms with Gasteiger partial charge in [-0.05, 0) is 47.5 Å². The van der Waals surface area contributed by atoms with Gasteiger partial charge in [0.25, 0.3) is 0 Å². The van der Waals surface area contributed by atoms with Gasteiger partial charge in [-0.1, -0.05) is 25.1 Å². The SMILES string of the molecule is CCN1Cc2cc(N3CCOCC3)ccc2C(c2ccc3ccoc3c2)C1. The number of ether oxygens (including phenoxy) is 1. The predicted octanol–water partition coefficient (Wildman–Crippen LogP) is 4.24. The van der Waals surface area contributed by atoms with Crippen molar-refractivity contribution in [1.82, 2.24) is 4.90 Å². The molecule has 4 heteroatoms. The second-order valence-electron chi connectivity index (χ2n) is 7.58. The van der Waals surface area contributed by atoms with Crippen LogP contribution in [0.2, 0.25) is 0 Å². The van der Waals surface area contributed by atoms with E-state index in [9.17, 15) is 0 Å². The molecule has 0 aliphatic carbocycles. The van der Waals surface area contributed by atoms with E-state index in [1.165, 1.54) is 27.8 Å². The molecule has 1 aromatic heterocycles. The molecule has 0 spiro atoms. The zero-order valence-corrected chi connectivity index (χ0v) is 15.9. The molecule has 2 aliphatic heterocycles. The standard InChI is InChI=1S/C23H26N2O2/c1-2-24-15-19-13-20(25-8-11-26-12-9-25)5-6-21(19)22(16-24)18-4-3-17-7-10-27-23(17)14-18/h3-7,10,13-14,22H,2,8-9,11-12,15-16H2,1H3. The molecule has 1 atom stereocenters. The van der Waals surface area contributed by atoms with E-state index in [0.29, 0.717) is 5.92 Å². The van der Waals surface area contributed by atoms with Crippen LogP contribution < -0.4 is 4.90 Å². The Balaban J connectivity index is 1.53. The molecule has 0 radical (unpaired) electrons. The van der Waals surface area contributed by atoms with Crippen LogP contribution >= 0.6 is 0 Å². The number of furan rings is 1. The highest BCUT2D eigenvalue weighted by Gasteiger charge is 2.27. The van der Waals surface area contributed by atoms with Gasteiger partial charge in [0, 0.05) is 43.2 Å². The smallest absolute Gasteiger partial charge is 0.134 e. The Bertz CT molecular complexity index is 942. The van der Waals surface area contributed by atoms with Gasteiger partial charge in [0.2, 0.25) is 0 Å². The van der Waals surface area contributed by atoms with E-state index in [1.807, 2.05) is 6.07 Å². The average molecular weight is 362 g/mol. The third kappa shape index (κ3) is 3.13. The number of hydrogen-bond donors (Lipinski definition) is 0. The van der Waals surface area contributed by atoms with Crippen LogP contribution in [0.3, 0.4) is 0 Å². The summed E-state index contributed by atoms with van der Waals surface area (Å²) in [6.45, 7) is 9.03. The van der Waals surface area contributed by atoms with Gasteiger partial charge in [0.1, 0.15) is 5.58 Å². The zero-order chi connectivity index (χ0) is 18.2. The minimum absolute atomic E-state index is 0.391. The first-order chi connectivity index (χ1) is 13.3. The zero-order valence-electron chi connectivity index (χ0n) is 15.9. The summed E-state index contributed by atoms with van der Waals surface area (Å²) in [5, 5.41) is 1.17. The van der Waals surface area contributed by atoms with Crippen molar-refractivity contribution in [2.75, 3.05) is 44.3 Å². The van der Waals surface area contributed by atoms with E-state index in [4.69, 9.17) is 9.15 Å². The molecule has 2 aromatic carbocycles. The molecule has 1 fully saturated rings. The van der Waals surface area contributed by atoms with Crippen molar-refractivity contribution < 1.29 is 9.15 Å². The van der Waals surface area contributed by atoms with E-state index < -0.39 is 0 Å².